The molecule has 1 saturated heterocycles. The SMILES string of the molecule is O=C(NCC1CCN(C(=O)c2ccc(Br)cc2)CC1)c1ccc(Br)cc1. The molecule has 26 heavy (non-hydrogen) atoms. The van der Waals surface area contributed by atoms with E-state index in [9.17, 15) is 9.59 Å². The summed E-state index contributed by atoms with van der Waals surface area (Å²) in [6, 6.07) is 14.8. The quantitative estimate of drug-likeness (QED) is 0.702. The molecular weight excluding hydrogens is 460 g/mol. The Morgan fingerprint density at radius 3 is 1.92 bits per heavy atom. The molecule has 0 aliphatic carbocycles. The standard InChI is InChI=1S/C20H20Br2N2O2/c21-17-5-1-15(2-6-17)19(25)23-13-14-9-11-24(12-10-14)20(26)16-3-7-18(22)8-4-16/h1-8,14H,9-13H2,(H,23,25). The zero-order chi connectivity index (χ0) is 18.5. The maximum Gasteiger partial charge on any atom is 0.253 e. The maximum atomic E-state index is 12.5. The van der Waals surface area contributed by atoms with Gasteiger partial charge in [0, 0.05) is 39.7 Å². The highest BCUT2D eigenvalue weighted by atomic mass is 79.9. The molecule has 2 amide bonds. The minimum Gasteiger partial charge on any atom is -0.352 e. The van der Waals surface area contributed by atoms with Gasteiger partial charge in [0.25, 0.3) is 11.8 Å². The fourth-order valence-electron chi connectivity index (χ4n) is 3.06. The van der Waals surface area contributed by atoms with Gasteiger partial charge in [0.15, 0.2) is 0 Å². The van der Waals surface area contributed by atoms with Crippen molar-refractivity contribution in [1.82, 2.24) is 10.2 Å². The third kappa shape index (κ3) is 4.95. The van der Waals surface area contributed by atoms with Crippen LogP contribution in [0, 0.1) is 5.92 Å². The summed E-state index contributed by atoms with van der Waals surface area (Å²) in [6.07, 6.45) is 1.81. The van der Waals surface area contributed by atoms with Gasteiger partial charge in [-0.05, 0) is 67.3 Å². The van der Waals surface area contributed by atoms with Crippen molar-refractivity contribution in [2.24, 2.45) is 5.92 Å². The van der Waals surface area contributed by atoms with Gasteiger partial charge in [0.05, 0.1) is 0 Å². The number of carbonyl (C=O) groups excluding carboxylic acids is 2. The summed E-state index contributed by atoms with van der Waals surface area (Å²) >= 11 is 6.75. The Bertz CT molecular complexity index is 767. The van der Waals surface area contributed by atoms with E-state index in [0.717, 1.165) is 40.4 Å². The lowest BCUT2D eigenvalue weighted by Gasteiger charge is -2.32. The minimum atomic E-state index is -0.0501. The first kappa shape index (κ1) is 19.1. The Hall–Kier alpha value is -1.66. The van der Waals surface area contributed by atoms with Crippen LogP contribution < -0.4 is 5.32 Å². The van der Waals surface area contributed by atoms with Gasteiger partial charge in [0.1, 0.15) is 0 Å². The molecule has 0 atom stereocenters. The van der Waals surface area contributed by atoms with E-state index < -0.39 is 0 Å². The highest BCUT2D eigenvalue weighted by Gasteiger charge is 2.24. The van der Waals surface area contributed by atoms with Crippen molar-refractivity contribution in [1.29, 1.82) is 0 Å². The first-order valence-corrected chi connectivity index (χ1v) is 10.2. The maximum absolute atomic E-state index is 12.5. The monoisotopic (exact) mass is 478 g/mol. The number of rotatable bonds is 4. The van der Waals surface area contributed by atoms with Crippen molar-refractivity contribution in [3.05, 3.63) is 68.6 Å². The molecule has 2 aromatic carbocycles. The van der Waals surface area contributed by atoms with E-state index in [1.165, 1.54) is 0 Å². The van der Waals surface area contributed by atoms with Crippen LogP contribution in [0.4, 0.5) is 0 Å². The van der Waals surface area contributed by atoms with Crippen LogP contribution in [0.5, 0.6) is 0 Å². The highest BCUT2D eigenvalue weighted by Crippen LogP contribution is 2.20. The van der Waals surface area contributed by atoms with Gasteiger partial charge in [-0.2, -0.15) is 0 Å². The van der Waals surface area contributed by atoms with Crippen molar-refractivity contribution < 1.29 is 9.59 Å². The summed E-state index contributed by atoms with van der Waals surface area (Å²) in [5, 5.41) is 3.01. The number of hydrogen-bond donors (Lipinski definition) is 1. The molecular formula is C20H20Br2N2O2. The second-order valence-corrected chi connectivity index (χ2v) is 8.29. The Morgan fingerprint density at radius 2 is 1.38 bits per heavy atom. The summed E-state index contributed by atoms with van der Waals surface area (Å²) < 4.78 is 1.92. The fourth-order valence-corrected chi connectivity index (χ4v) is 3.58. The molecule has 1 fully saturated rings. The summed E-state index contributed by atoms with van der Waals surface area (Å²) in [6.45, 7) is 2.11. The van der Waals surface area contributed by atoms with E-state index >= 15 is 0 Å². The number of halogens is 2. The second-order valence-electron chi connectivity index (χ2n) is 6.46. The number of nitrogens with zero attached hydrogens (tertiary/aromatic N) is 1. The summed E-state index contributed by atoms with van der Waals surface area (Å²) in [7, 11) is 0. The van der Waals surface area contributed by atoms with Gasteiger partial charge in [0.2, 0.25) is 0 Å². The molecule has 0 bridgehead atoms. The molecule has 0 saturated carbocycles. The number of hydrogen-bond acceptors (Lipinski definition) is 2. The molecule has 0 aromatic heterocycles. The Labute approximate surface area is 170 Å². The van der Waals surface area contributed by atoms with Crippen LogP contribution in [-0.2, 0) is 0 Å². The van der Waals surface area contributed by atoms with Crippen LogP contribution in [-0.4, -0.2) is 36.3 Å². The largest absolute Gasteiger partial charge is 0.352 e. The van der Waals surface area contributed by atoms with Crippen LogP contribution in [0.3, 0.4) is 0 Å². The highest BCUT2D eigenvalue weighted by molar-refractivity contribution is 9.10. The number of likely N-dealkylation sites (tertiary alicyclic amines) is 1. The predicted octanol–water partition coefficient (Wildman–Crippen LogP) is 4.49. The molecule has 1 heterocycles. The lowest BCUT2D eigenvalue weighted by molar-refractivity contribution is 0.0684. The molecule has 2 aromatic rings. The summed E-state index contributed by atoms with van der Waals surface area (Å²) in [4.78, 5) is 26.6. The number of amides is 2. The molecule has 3 rings (SSSR count). The average Bonchev–Trinajstić information content (AvgIpc) is 2.67. The lowest BCUT2D eigenvalue weighted by atomic mass is 9.96. The average molecular weight is 480 g/mol. The fraction of sp³-hybridized carbons (Fsp3) is 0.300. The summed E-state index contributed by atoms with van der Waals surface area (Å²) in [5.74, 6) is 0.434. The van der Waals surface area contributed by atoms with Gasteiger partial charge in [-0.15, -0.1) is 0 Å². The zero-order valence-corrected chi connectivity index (χ0v) is 17.4. The smallest absolute Gasteiger partial charge is 0.253 e. The molecule has 1 aliphatic heterocycles. The van der Waals surface area contributed by atoms with Gasteiger partial charge in [-0.3, -0.25) is 9.59 Å². The van der Waals surface area contributed by atoms with E-state index in [-0.39, 0.29) is 11.8 Å². The summed E-state index contributed by atoms with van der Waals surface area (Å²) in [5.41, 5.74) is 1.38. The third-order valence-electron chi connectivity index (χ3n) is 4.65. The molecule has 0 spiro atoms. The van der Waals surface area contributed by atoms with Crippen LogP contribution in [0.15, 0.2) is 57.5 Å². The van der Waals surface area contributed by atoms with Crippen molar-refractivity contribution in [3.8, 4) is 0 Å². The second kappa shape index (κ2) is 8.82. The first-order valence-electron chi connectivity index (χ1n) is 8.61. The van der Waals surface area contributed by atoms with E-state index in [1.807, 2.05) is 41.3 Å². The topological polar surface area (TPSA) is 49.4 Å². The molecule has 4 nitrogen and oxygen atoms in total. The van der Waals surface area contributed by atoms with Crippen molar-refractivity contribution in [2.75, 3.05) is 19.6 Å². The zero-order valence-electron chi connectivity index (χ0n) is 14.3. The Balaban J connectivity index is 1.46. The molecule has 6 heteroatoms. The first-order chi connectivity index (χ1) is 12.5. The van der Waals surface area contributed by atoms with Crippen LogP contribution in [0.1, 0.15) is 33.6 Å². The van der Waals surface area contributed by atoms with Crippen LogP contribution >= 0.6 is 31.9 Å². The lowest BCUT2D eigenvalue weighted by Crippen LogP contribution is -2.41. The van der Waals surface area contributed by atoms with Crippen LogP contribution in [0.25, 0.3) is 0 Å². The van der Waals surface area contributed by atoms with E-state index in [2.05, 4.69) is 37.2 Å². The third-order valence-corrected chi connectivity index (χ3v) is 5.71. The van der Waals surface area contributed by atoms with Crippen molar-refractivity contribution >= 4 is 43.7 Å². The molecule has 0 unspecified atom stereocenters. The normalized spacial score (nSPS) is 14.9. The number of piperidine rings is 1. The van der Waals surface area contributed by atoms with E-state index in [0.29, 0.717) is 18.0 Å². The predicted molar refractivity (Wildman–Crippen MR) is 109 cm³/mol. The molecule has 0 radical (unpaired) electrons. The van der Waals surface area contributed by atoms with Gasteiger partial charge in [-0.1, -0.05) is 31.9 Å². The number of carbonyl (C=O) groups is 2. The molecule has 1 aliphatic rings. The van der Waals surface area contributed by atoms with E-state index in [1.54, 1.807) is 12.1 Å². The molecule has 136 valence electrons. The van der Waals surface area contributed by atoms with Gasteiger partial charge >= 0.3 is 0 Å². The molecule has 1 N–H and O–H groups in total. The number of benzene rings is 2. The van der Waals surface area contributed by atoms with Crippen molar-refractivity contribution in [3.63, 3.8) is 0 Å². The number of nitrogens with one attached hydrogen (secondary N) is 1. The Morgan fingerprint density at radius 1 is 0.885 bits per heavy atom. The van der Waals surface area contributed by atoms with Gasteiger partial charge < -0.3 is 10.2 Å². The Kier molecular flexibility index (Phi) is 6.48. The minimum absolute atomic E-state index is 0.0501. The van der Waals surface area contributed by atoms with Gasteiger partial charge in [-0.25, -0.2) is 0 Å². The van der Waals surface area contributed by atoms with Crippen molar-refractivity contribution in [2.45, 2.75) is 12.8 Å². The van der Waals surface area contributed by atoms with E-state index in [4.69, 9.17) is 0 Å². The van der Waals surface area contributed by atoms with Crippen LogP contribution in [0.2, 0.25) is 0 Å².